The van der Waals surface area contributed by atoms with Crippen LogP contribution in [0.5, 0.6) is 0 Å². The van der Waals surface area contributed by atoms with Gasteiger partial charge in [0.1, 0.15) is 11.6 Å². The summed E-state index contributed by atoms with van der Waals surface area (Å²) in [6.45, 7) is 6.22. The molecule has 0 aliphatic rings. The van der Waals surface area contributed by atoms with Gasteiger partial charge in [0.15, 0.2) is 0 Å². The van der Waals surface area contributed by atoms with Crippen molar-refractivity contribution in [1.29, 1.82) is 0 Å². The van der Waals surface area contributed by atoms with Crippen LogP contribution in [0.1, 0.15) is 58.1 Å². The molecule has 1 unspecified atom stereocenters. The molecule has 0 radical (unpaired) electrons. The van der Waals surface area contributed by atoms with Gasteiger partial charge < -0.3 is 5.32 Å². The number of rotatable bonds is 7. The van der Waals surface area contributed by atoms with E-state index < -0.39 is 11.6 Å². The van der Waals surface area contributed by atoms with E-state index >= 15 is 0 Å². The quantitative estimate of drug-likeness (QED) is 0.751. The van der Waals surface area contributed by atoms with Crippen LogP contribution in [0.3, 0.4) is 0 Å². The lowest BCUT2D eigenvalue weighted by atomic mass is 10.0. The Hall–Kier alpha value is -0.960. The van der Waals surface area contributed by atoms with Gasteiger partial charge >= 0.3 is 0 Å². The van der Waals surface area contributed by atoms with Gasteiger partial charge in [-0.05, 0) is 25.8 Å². The summed E-state index contributed by atoms with van der Waals surface area (Å²) >= 11 is 0. The van der Waals surface area contributed by atoms with E-state index in [2.05, 4.69) is 19.2 Å². The highest BCUT2D eigenvalue weighted by molar-refractivity contribution is 5.21. The fourth-order valence-electron chi connectivity index (χ4n) is 2.30. The summed E-state index contributed by atoms with van der Waals surface area (Å²) in [5.41, 5.74) is 0.536. The van der Waals surface area contributed by atoms with E-state index in [1.165, 1.54) is 12.1 Å². The largest absolute Gasteiger partial charge is 0.307 e. The molecule has 0 spiro atoms. The second kappa shape index (κ2) is 7.47. The van der Waals surface area contributed by atoms with E-state index in [0.29, 0.717) is 11.6 Å². The third-order valence-corrected chi connectivity index (χ3v) is 3.19. The molecule has 0 aliphatic heterocycles. The van der Waals surface area contributed by atoms with Crippen molar-refractivity contribution in [1.82, 2.24) is 5.32 Å². The van der Waals surface area contributed by atoms with Gasteiger partial charge in [-0.3, -0.25) is 0 Å². The highest BCUT2D eigenvalue weighted by Gasteiger charge is 2.15. The average molecular weight is 255 g/mol. The Morgan fingerprint density at radius 2 is 1.72 bits per heavy atom. The molecular formula is C15H23F2N. The summed E-state index contributed by atoms with van der Waals surface area (Å²) in [5.74, 6) is -0.996. The van der Waals surface area contributed by atoms with Crippen LogP contribution in [0.15, 0.2) is 18.2 Å². The number of nitrogens with one attached hydrogen (secondary N) is 1. The molecule has 0 fully saturated rings. The molecule has 3 heteroatoms. The fourth-order valence-corrected chi connectivity index (χ4v) is 2.30. The van der Waals surface area contributed by atoms with Gasteiger partial charge in [0.25, 0.3) is 0 Å². The maximum atomic E-state index is 13.6. The maximum absolute atomic E-state index is 13.6. The minimum absolute atomic E-state index is 0.0892. The van der Waals surface area contributed by atoms with E-state index in [4.69, 9.17) is 0 Å². The summed E-state index contributed by atoms with van der Waals surface area (Å²) in [7, 11) is 0. The fraction of sp³-hybridized carbons (Fsp3) is 0.600. The molecule has 0 amide bonds. The lowest BCUT2D eigenvalue weighted by molar-refractivity contribution is 0.395. The van der Waals surface area contributed by atoms with E-state index in [-0.39, 0.29) is 6.04 Å². The van der Waals surface area contributed by atoms with Crippen LogP contribution < -0.4 is 5.32 Å². The van der Waals surface area contributed by atoms with Crippen molar-refractivity contribution in [3.63, 3.8) is 0 Å². The van der Waals surface area contributed by atoms with E-state index in [1.807, 2.05) is 6.92 Å². The van der Waals surface area contributed by atoms with Crippen LogP contribution in [-0.4, -0.2) is 6.04 Å². The summed E-state index contributed by atoms with van der Waals surface area (Å²) in [4.78, 5) is 0. The standard InChI is InChI=1S/C15H23F2N/c1-4-6-13(7-5-2)18-11(3)14-9-8-12(16)10-15(14)17/h8-11,13,18H,4-7H2,1-3H3. The topological polar surface area (TPSA) is 12.0 Å². The van der Waals surface area contributed by atoms with Crippen molar-refractivity contribution in [2.24, 2.45) is 0 Å². The maximum Gasteiger partial charge on any atom is 0.130 e. The zero-order valence-electron chi connectivity index (χ0n) is 11.5. The molecule has 1 N–H and O–H groups in total. The van der Waals surface area contributed by atoms with Gasteiger partial charge in [0.2, 0.25) is 0 Å². The molecule has 1 aromatic carbocycles. The third-order valence-electron chi connectivity index (χ3n) is 3.19. The first-order valence-electron chi connectivity index (χ1n) is 6.79. The second-order valence-electron chi connectivity index (χ2n) is 4.83. The molecule has 0 aliphatic carbocycles. The Morgan fingerprint density at radius 1 is 1.11 bits per heavy atom. The van der Waals surface area contributed by atoms with E-state index in [9.17, 15) is 8.78 Å². The van der Waals surface area contributed by atoms with Crippen LogP contribution in [0, 0.1) is 11.6 Å². The monoisotopic (exact) mass is 255 g/mol. The zero-order valence-corrected chi connectivity index (χ0v) is 11.5. The van der Waals surface area contributed by atoms with Crippen LogP contribution in [-0.2, 0) is 0 Å². The molecule has 0 aromatic heterocycles. The van der Waals surface area contributed by atoms with Gasteiger partial charge in [0, 0.05) is 23.7 Å². The zero-order chi connectivity index (χ0) is 13.5. The van der Waals surface area contributed by atoms with Gasteiger partial charge in [-0.15, -0.1) is 0 Å². The van der Waals surface area contributed by atoms with Gasteiger partial charge in [-0.2, -0.15) is 0 Å². The van der Waals surface area contributed by atoms with Crippen LogP contribution in [0.2, 0.25) is 0 Å². The van der Waals surface area contributed by atoms with Crippen LogP contribution in [0.25, 0.3) is 0 Å². The minimum Gasteiger partial charge on any atom is -0.307 e. The smallest absolute Gasteiger partial charge is 0.130 e. The molecule has 1 rings (SSSR count). The van der Waals surface area contributed by atoms with Crippen molar-refractivity contribution in [2.75, 3.05) is 0 Å². The Bertz CT molecular complexity index is 360. The van der Waals surface area contributed by atoms with Gasteiger partial charge in [-0.1, -0.05) is 32.8 Å². The average Bonchev–Trinajstić information content (AvgIpc) is 2.29. The third kappa shape index (κ3) is 4.37. The molecule has 0 heterocycles. The number of hydrogen-bond donors (Lipinski definition) is 1. The molecule has 1 aromatic rings. The first-order chi connectivity index (χ1) is 8.58. The lowest BCUT2D eigenvalue weighted by Crippen LogP contribution is -2.31. The predicted octanol–water partition coefficient (Wildman–Crippen LogP) is 4.58. The lowest BCUT2D eigenvalue weighted by Gasteiger charge is -2.23. The van der Waals surface area contributed by atoms with Crippen molar-refractivity contribution < 1.29 is 8.78 Å². The molecule has 102 valence electrons. The van der Waals surface area contributed by atoms with Crippen LogP contribution in [0.4, 0.5) is 8.78 Å². The molecule has 0 saturated carbocycles. The van der Waals surface area contributed by atoms with Crippen molar-refractivity contribution in [2.45, 2.75) is 58.5 Å². The number of benzene rings is 1. The van der Waals surface area contributed by atoms with Crippen molar-refractivity contribution >= 4 is 0 Å². The summed E-state index contributed by atoms with van der Waals surface area (Å²) < 4.78 is 26.5. The number of halogens is 2. The van der Waals surface area contributed by atoms with Crippen molar-refractivity contribution in [3.05, 3.63) is 35.4 Å². The summed E-state index contributed by atoms with van der Waals surface area (Å²) in [6, 6.07) is 4.10. The summed E-state index contributed by atoms with van der Waals surface area (Å²) in [5, 5.41) is 3.43. The Kier molecular flexibility index (Phi) is 6.27. The Labute approximate surface area is 109 Å². The number of hydrogen-bond acceptors (Lipinski definition) is 1. The predicted molar refractivity (Wildman–Crippen MR) is 71.5 cm³/mol. The SMILES string of the molecule is CCCC(CCC)NC(C)c1ccc(F)cc1F. The first kappa shape index (κ1) is 15.1. The summed E-state index contributed by atoms with van der Waals surface area (Å²) in [6.07, 6.45) is 4.38. The van der Waals surface area contributed by atoms with E-state index in [1.54, 1.807) is 0 Å². The molecular weight excluding hydrogens is 232 g/mol. The van der Waals surface area contributed by atoms with Crippen LogP contribution >= 0.6 is 0 Å². The van der Waals surface area contributed by atoms with Gasteiger partial charge in [0.05, 0.1) is 0 Å². The molecule has 18 heavy (non-hydrogen) atoms. The molecule has 1 atom stereocenters. The first-order valence-corrected chi connectivity index (χ1v) is 6.79. The molecule has 0 bridgehead atoms. The van der Waals surface area contributed by atoms with E-state index in [0.717, 1.165) is 31.7 Å². The Morgan fingerprint density at radius 3 is 2.22 bits per heavy atom. The second-order valence-corrected chi connectivity index (χ2v) is 4.83. The van der Waals surface area contributed by atoms with Gasteiger partial charge in [-0.25, -0.2) is 8.78 Å². The van der Waals surface area contributed by atoms with Crippen molar-refractivity contribution in [3.8, 4) is 0 Å². The Balaban J connectivity index is 2.70. The normalized spacial score (nSPS) is 13.0. The molecule has 1 nitrogen and oxygen atoms in total. The molecule has 0 saturated heterocycles. The highest BCUT2D eigenvalue weighted by atomic mass is 19.1. The highest BCUT2D eigenvalue weighted by Crippen LogP contribution is 2.19. The minimum atomic E-state index is -0.526.